The fourth-order valence-corrected chi connectivity index (χ4v) is 4.04. The van der Waals surface area contributed by atoms with Gasteiger partial charge in [-0.2, -0.15) is 0 Å². The van der Waals surface area contributed by atoms with Crippen molar-refractivity contribution in [3.63, 3.8) is 0 Å². The van der Waals surface area contributed by atoms with E-state index in [0.717, 1.165) is 11.3 Å². The van der Waals surface area contributed by atoms with Crippen molar-refractivity contribution in [2.75, 3.05) is 20.3 Å². The molecule has 1 heterocycles. The van der Waals surface area contributed by atoms with Crippen molar-refractivity contribution in [2.45, 2.75) is 25.3 Å². The smallest absolute Gasteiger partial charge is 0.124 e. The molecule has 21 heavy (non-hydrogen) atoms. The molecule has 1 unspecified atom stereocenters. The molecule has 0 saturated heterocycles. The highest BCUT2D eigenvalue weighted by Gasteiger charge is 2.21. The Hall–Kier alpha value is -1.36. The Morgan fingerprint density at radius 2 is 2.10 bits per heavy atom. The highest BCUT2D eigenvalue weighted by Crippen LogP contribution is 2.37. The van der Waals surface area contributed by atoms with Crippen LogP contribution in [0.2, 0.25) is 0 Å². The van der Waals surface area contributed by atoms with E-state index in [1.165, 1.54) is 34.6 Å². The molecule has 0 aliphatic heterocycles. The third-order valence-corrected chi connectivity index (χ3v) is 5.19. The summed E-state index contributed by atoms with van der Waals surface area (Å²) in [7, 11) is 1.67. The number of rotatable bonds is 6. The normalized spacial score (nSPS) is 15.0. The standard InChI is InChI=1S/C17H21NO2S/c1-19-9-10-20-14-7-3-2-6-13(14)17(18)16-11-12-5-4-8-15(12)21-16/h2-3,6-7,11,17H,4-5,8-10,18H2,1H3. The highest BCUT2D eigenvalue weighted by molar-refractivity contribution is 7.12. The summed E-state index contributed by atoms with van der Waals surface area (Å²) in [5, 5.41) is 0. The number of aryl methyl sites for hydroxylation is 2. The van der Waals surface area contributed by atoms with Gasteiger partial charge in [-0.1, -0.05) is 18.2 Å². The van der Waals surface area contributed by atoms with Crippen LogP contribution in [0, 0.1) is 0 Å². The molecular weight excluding hydrogens is 282 g/mol. The number of hydrogen-bond acceptors (Lipinski definition) is 4. The van der Waals surface area contributed by atoms with E-state index in [2.05, 4.69) is 12.1 Å². The van der Waals surface area contributed by atoms with Crippen LogP contribution in [0.5, 0.6) is 5.75 Å². The molecule has 3 rings (SSSR count). The first-order chi connectivity index (χ1) is 10.3. The summed E-state index contributed by atoms with van der Waals surface area (Å²) >= 11 is 1.86. The lowest BCUT2D eigenvalue weighted by molar-refractivity contribution is 0.145. The van der Waals surface area contributed by atoms with E-state index < -0.39 is 0 Å². The van der Waals surface area contributed by atoms with Crippen LogP contribution in [0.3, 0.4) is 0 Å². The molecule has 0 radical (unpaired) electrons. The summed E-state index contributed by atoms with van der Waals surface area (Å²) in [6.07, 6.45) is 3.69. The number of para-hydroxylation sites is 1. The minimum atomic E-state index is -0.112. The number of benzene rings is 1. The molecule has 4 heteroatoms. The van der Waals surface area contributed by atoms with Gasteiger partial charge in [-0.25, -0.2) is 0 Å². The van der Waals surface area contributed by atoms with Crippen LogP contribution in [0.1, 0.15) is 33.3 Å². The van der Waals surface area contributed by atoms with Crippen LogP contribution in [0.15, 0.2) is 30.3 Å². The lowest BCUT2D eigenvalue weighted by Crippen LogP contribution is -2.13. The molecule has 1 atom stereocenters. The topological polar surface area (TPSA) is 44.5 Å². The van der Waals surface area contributed by atoms with Gasteiger partial charge in [0.25, 0.3) is 0 Å². The van der Waals surface area contributed by atoms with E-state index in [1.807, 2.05) is 29.5 Å². The Balaban J connectivity index is 1.81. The van der Waals surface area contributed by atoms with Gasteiger partial charge in [0.05, 0.1) is 12.6 Å². The van der Waals surface area contributed by atoms with Crippen molar-refractivity contribution in [1.82, 2.24) is 0 Å². The van der Waals surface area contributed by atoms with Gasteiger partial charge in [0.15, 0.2) is 0 Å². The SMILES string of the molecule is COCCOc1ccccc1C(N)c1cc2c(s1)CCC2. The van der Waals surface area contributed by atoms with Crippen LogP contribution in [0.4, 0.5) is 0 Å². The van der Waals surface area contributed by atoms with Gasteiger partial charge >= 0.3 is 0 Å². The van der Waals surface area contributed by atoms with E-state index in [1.54, 1.807) is 7.11 Å². The van der Waals surface area contributed by atoms with Crippen LogP contribution in [0.25, 0.3) is 0 Å². The van der Waals surface area contributed by atoms with Crippen molar-refractivity contribution in [3.8, 4) is 5.75 Å². The van der Waals surface area contributed by atoms with Crippen LogP contribution in [-0.4, -0.2) is 20.3 Å². The molecule has 2 N–H and O–H groups in total. The molecule has 0 fully saturated rings. The predicted molar refractivity (Wildman–Crippen MR) is 86.2 cm³/mol. The molecule has 1 aromatic carbocycles. The summed E-state index contributed by atoms with van der Waals surface area (Å²) in [4.78, 5) is 2.75. The summed E-state index contributed by atoms with van der Waals surface area (Å²) < 4.78 is 10.8. The molecule has 1 aromatic heterocycles. The average Bonchev–Trinajstić information content (AvgIpc) is 3.08. The lowest BCUT2D eigenvalue weighted by atomic mass is 10.0. The zero-order valence-corrected chi connectivity index (χ0v) is 13.1. The molecule has 0 spiro atoms. The molecule has 3 nitrogen and oxygen atoms in total. The van der Waals surface area contributed by atoms with Gasteiger partial charge in [0, 0.05) is 22.4 Å². The van der Waals surface area contributed by atoms with Crippen LogP contribution < -0.4 is 10.5 Å². The monoisotopic (exact) mass is 303 g/mol. The zero-order chi connectivity index (χ0) is 14.7. The summed E-state index contributed by atoms with van der Waals surface area (Å²) in [5.41, 5.74) is 9.02. The summed E-state index contributed by atoms with van der Waals surface area (Å²) in [6, 6.07) is 10.2. The van der Waals surface area contributed by atoms with Gasteiger partial charge < -0.3 is 15.2 Å². The second-order valence-electron chi connectivity index (χ2n) is 5.31. The first-order valence-corrected chi connectivity index (χ1v) is 8.19. The third-order valence-electron chi connectivity index (χ3n) is 3.87. The van der Waals surface area contributed by atoms with Gasteiger partial charge in [-0.15, -0.1) is 11.3 Å². The maximum absolute atomic E-state index is 6.48. The third kappa shape index (κ3) is 3.12. The average molecular weight is 303 g/mol. The molecule has 1 aliphatic carbocycles. The van der Waals surface area contributed by atoms with Gasteiger partial charge in [0.2, 0.25) is 0 Å². The maximum Gasteiger partial charge on any atom is 0.124 e. The van der Waals surface area contributed by atoms with Crippen LogP contribution >= 0.6 is 11.3 Å². The Labute approximate surface area is 129 Å². The number of methoxy groups -OCH3 is 1. The number of thiophene rings is 1. The van der Waals surface area contributed by atoms with Crippen molar-refractivity contribution >= 4 is 11.3 Å². The van der Waals surface area contributed by atoms with Crippen molar-refractivity contribution < 1.29 is 9.47 Å². The van der Waals surface area contributed by atoms with Crippen molar-refractivity contribution in [2.24, 2.45) is 5.73 Å². The Kier molecular flexibility index (Phi) is 4.58. The molecule has 0 bridgehead atoms. The zero-order valence-electron chi connectivity index (χ0n) is 12.3. The number of ether oxygens (including phenoxy) is 2. The van der Waals surface area contributed by atoms with E-state index >= 15 is 0 Å². The number of hydrogen-bond donors (Lipinski definition) is 1. The second kappa shape index (κ2) is 6.60. The molecule has 0 amide bonds. The summed E-state index contributed by atoms with van der Waals surface area (Å²) in [5.74, 6) is 0.857. The molecule has 0 saturated carbocycles. The maximum atomic E-state index is 6.48. The predicted octanol–water partition coefficient (Wildman–Crippen LogP) is 3.31. The first kappa shape index (κ1) is 14.6. The van der Waals surface area contributed by atoms with E-state index in [4.69, 9.17) is 15.2 Å². The minimum absolute atomic E-state index is 0.112. The quantitative estimate of drug-likeness (QED) is 0.833. The number of nitrogens with two attached hydrogens (primary N) is 1. The van der Waals surface area contributed by atoms with E-state index in [9.17, 15) is 0 Å². The lowest BCUT2D eigenvalue weighted by Gasteiger charge is -2.16. The Morgan fingerprint density at radius 3 is 2.90 bits per heavy atom. The van der Waals surface area contributed by atoms with E-state index in [-0.39, 0.29) is 6.04 Å². The minimum Gasteiger partial charge on any atom is -0.491 e. The molecular formula is C17H21NO2S. The fourth-order valence-electron chi connectivity index (χ4n) is 2.76. The van der Waals surface area contributed by atoms with Crippen molar-refractivity contribution in [1.29, 1.82) is 0 Å². The van der Waals surface area contributed by atoms with Crippen LogP contribution in [-0.2, 0) is 17.6 Å². The number of fused-ring (bicyclic) bond motifs is 1. The molecule has 112 valence electrons. The highest BCUT2D eigenvalue weighted by atomic mass is 32.1. The summed E-state index contributed by atoms with van der Waals surface area (Å²) in [6.45, 7) is 1.12. The Morgan fingerprint density at radius 1 is 1.24 bits per heavy atom. The van der Waals surface area contributed by atoms with Gasteiger partial charge in [-0.05, 0) is 37.0 Å². The second-order valence-corrected chi connectivity index (χ2v) is 6.48. The van der Waals surface area contributed by atoms with E-state index in [0.29, 0.717) is 13.2 Å². The van der Waals surface area contributed by atoms with Crippen molar-refractivity contribution in [3.05, 3.63) is 51.2 Å². The largest absolute Gasteiger partial charge is 0.491 e. The fraction of sp³-hybridized carbons (Fsp3) is 0.412. The van der Waals surface area contributed by atoms with Gasteiger partial charge in [0.1, 0.15) is 12.4 Å². The first-order valence-electron chi connectivity index (χ1n) is 7.37. The molecule has 1 aliphatic rings. The van der Waals surface area contributed by atoms with Gasteiger partial charge in [-0.3, -0.25) is 0 Å². The molecule has 2 aromatic rings. The Bertz CT molecular complexity index is 587.